The first-order valence-electron chi connectivity index (χ1n) is 23.2. The number of rotatable bonds is 38. The van der Waals surface area contributed by atoms with Gasteiger partial charge in [0.25, 0.3) is 0 Å². The van der Waals surface area contributed by atoms with Crippen molar-refractivity contribution in [3.05, 3.63) is 0 Å². The minimum Gasteiger partial charge on any atom is -0.465 e. The van der Waals surface area contributed by atoms with Crippen LogP contribution in [-0.2, 0) is 23.9 Å². The summed E-state index contributed by atoms with van der Waals surface area (Å²) in [4.78, 5) is 39.6. The Morgan fingerprint density at radius 3 is 1.17 bits per heavy atom. The molecule has 0 radical (unpaired) electrons. The van der Waals surface area contributed by atoms with E-state index in [4.69, 9.17) is 9.47 Å². The third-order valence-electron chi connectivity index (χ3n) is 11.6. The molecule has 6 nitrogen and oxygen atoms in total. The Morgan fingerprint density at radius 1 is 0.444 bits per heavy atom. The molecule has 0 aliphatic heterocycles. The molecule has 0 heterocycles. The number of carbonyl (C=O) groups excluding carboxylic acids is 3. The van der Waals surface area contributed by atoms with E-state index in [-0.39, 0.29) is 11.9 Å². The Kier molecular flexibility index (Phi) is 33.9. The van der Waals surface area contributed by atoms with Crippen LogP contribution >= 0.6 is 0 Å². The van der Waals surface area contributed by atoms with Gasteiger partial charge in [0, 0.05) is 25.7 Å². The number of ketones is 1. The number of carbonyl (C=O) groups is 3. The average molecular weight is 764 g/mol. The number of esters is 2. The number of hydrogen-bond acceptors (Lipinski definition) is 6. The summed E-state index contributed by atoms with van der Waals surface area (Å²) in [6.07, 6.45) is 26.8. The largest absolute Gasteiger partial charge is 0.465 e. The first kappa shape index (κ1) is 52.6. The number of nitrogens with zero attached hydrogens (tertiary/aromatic N) is 1. The topological polar surface area (TPSA) is 72.9 Å². The molecule has 0 aromatic rings. The highest BCUT2D eigenvalue weighted by molar-refractivity contribution is 5.78. The van der Waals surface area contributed by atoms with E-state index < -0.39 is 0 Å². The molecule has 0 N–H and O–H groups in total. The fraction of sp³-hybridized carbons (Fsp3) is 0.938. The lowest BCUT2D eigenvalue weighted by molar-refractivity contribution is -0.146. The van der Waals surface area contributed by atoms with Crippen LogP contribution in [0.3, 0.4) is 0 Å². The Hall–Kier alpha value is -1.43. The van der Waals surface area contributed by atoms with Gasteiger partial charge in [-0.2, -0.15) is 0 Å². The summed E-state index contributed by atoms with van der Waals surface area (Å²) in [5.74, 6) is 4.34. The van der Waals surface area contributed by atoms with Crippen molar-refractivity contribution < 1.29 is 23.9 Å². The van der Waals surface area contributed by atoms with Gasteiger partial charge < -0.3 is 14.4 Å². The van der Waals surface area contributed by atoms with Gasteiger partial charge in [-0.15, -0.1) is 0 Å². The molecular formula is C48H93NO5. The summed E-state index contributed by atoms with van der Waals surface area (Å²) in [6, 6.07) is 0. The SMILES string of the molecule is CC(C)CCC(COC(=O)CCCCCCCCCC(CCCCCCCCCC(=O)OCC(CCC(C)C)C(C)C)CC(=O)CCCN(C)C)C(C)C. The molecule has 0 saturated carbocycles. The van der Waals surface area contributed by atoms with Gasteiger partial charge >= 0.3 is 11.9 Å². The number of ether oxygens (including phenoxy) is 2. The number of hydrogen-bond donors (Lipinski definition) is 0. The predicted molar refractivity (Wildman–Crippen MR) is 231 cm³/mol. The average Bonchev–Trinajstić information content (AvgIpc) is 3.09. The summed E-state index contributed by atoms with van der Waals surface area (Å²) in [5.41, 5.74) is 0. The Bertz CT molecular complexity index is 840. The molecule has 0 bridgehead atoms. The Morgan fingerprint density at radius 2 is 0.815 bits per heavy atom. The zero-order valence-electron chi connectivity index (χ0n) is 37.8. The highest BCUT2D eigenvalue weighted by Crippen LogP contribution is 2.25. The van der Waals surface area contributed by atoms with Crippen LogP contribution in [-0.4, -0.2) is 56.5 Å². The lowest BCUT2D eigenvalue weighted by Gasteiger charge is -2.21. The van der Waals surface area contributed by atoms with Gasteiger partial charge in [0.1, 0.15) is 5.78 Å². The fourth-order valence-electron chi connectivity index (χ4n) is 7.39. The highest BCUT2D eigenvalue weighted by atomic mass is 16.5. The molecule has 320 valence electrons. The van der Waals surface area contributed by atoms with E-state index in [2.05, 4.69) is 74.4 Å². The maximum Gasteiger partial charge on any atom is 0.305 e. The fourth-order valence-corrected chi connectivity index (χ4v) is 7.39. The molecule has 0 aliphatic rings. The molecule has 0 spiro atoms. The lowest BCUT2D eigenvalue weighted by atomic mass is 9.89. The van der Waals surface area contributed by atoms with E-state index in [1.54, 1.807) is 0 Å². The molecule has 0 aliphatic carbocycles. The zero-order chi connectivity index (χ0) is 40.6. The smallest absolute Gasteiger partial charge is 0.305 e. The van der Waals surface area contributed by atoms with Gasteiger partial charge in [-0.05, 0) is 94.2 Å². The van der Waals surface area contributed by atoms with Crippen molar-refractivity contribution in [3.8, 4) is 0 Å². The van der Waals surface area contributed by atoms with Crippen molar-refractivity contribution >= 4 is 17.7 Å². The van der Waals surface area contributed by atoms with Crippen LogP contribution in [0.25, 0.3) is 0 Å². The third kappa shape index (κ3) is 33.9. The van der Waals surface area contributed by atoms with Gasteiger partial charge in [0.15, 0.2) is 0 Å². The second kappa shape index (κ2) is 34.8. The van der Waals surface area contributed by atoms with Crippen LogP contribution < -0.4 is 0 Å². The van der Waals surface area contributed by atoms with E-state index in [1.165, 1.54) is 89.9 Å². The number of unbranched alkanes of at least 4 members (excludes halogenated alkanes) is 12. The molecule has 2 unspecified atom stereocenters. The van der Waals surface area contributed by atoms with E-state index in [1.807, 2.05) is 0 Å². The lowest BCUT2D eigenvalue weighted by Crippen LogP contribution is -2.19. The molecule has 2 atom stereocenters. The summed E-state index contributed by atoms with van der Waals surface area (Å²) < 4.78 is 11.3. The molecule has 54 heavy (non-hydrogen) atoms. The molecule has 0 aromatic carbocycles. The van der Waals surface area contributed by atoms with Gasteiger partial charge in [0.05, 0.1) is 13.2 Å². The van der Waals surface area contributed by atoms with Gasteiger partial charge in [-0.3, -0.25) is 14.4 Å². The molecular weight excluding hydrogens is 671 g/mol. The van der Waals surface area contributed by atoms with E-state index in [0.29, 0.717) is 79.7 Å². The summed E-state index contributed by atoms with van der Waals surface area (Å²) in [6.45, 7) is 20.1. The van der Waals surface area contributed by atoms with Crippen LogP contribution in [0, 0.1) is 41.4 Å². The summed E-state index contributed by atoms with van der Waals surface area (Å²) >= 11 is 0. The standard InChI is InChI=1S/C48H93NO5/c1-39(2)31-33-44(41(5)6)37-53-47(51)29-23-19-15-11-13-17-21-26-43(36-46(50)28-25-35-49(9)10)27-22-18-14-12-16-20-24-30-48(52)54-38-45(42(7)8)34-32-40(3)4/h39-45H,11-38H2,1-10H3. The number of Topliss-reactive ketones (excluding diaryl/α,β-unsaturated/α-hetero) is 1. The second-order valence-electron chi connectivity index (χ2n) is 18.9. The van der Waals surface area contributed by atoms with Crippen LogP contribution in [0.5, 0.6) is 0 Å². The van der Waals surface area contributed by atoms with Crippen LogP contribution in [0.15, 0.2) is 0 Å². The van der Waals surface area contributed by atoms with Crippen molar-refractivity contribution in [1.29, 1.82) is 0 Å². The minimum absolute atomic E-state index is 0.0237. The zero-order valence-corrected chi connectivity index (χ0v) is 37.8. The van der Waals surface area contributed by atoms with Crippen molar-refractivity contribution in [2.45, 2.75) is 216 Å². The van der Waals surface area contributed by atoms with Gasteiger partial charge in [-0.1, -0.05) is 158 Å². The monoisotopic (exact) mass is 764 g/mol. The Balaban J connectivity index is 4.23. The summed E-state index contributed by atoms with van der Waals surface area (Å²) in [7, 11) is 4.15. The van der Waals surface area contributed by atoms with Gasteiger partial charge in [-0.25, -0.2) is 0 Å². The van der Waals surface area contributed by atoms with Crippen molar-refractivity contribution in [3.63, 3.8) is 0 Å². The normalized spacial score (nSPS) is 13.7. The predicted octanol–water partition coefficient (Wildman–Crippen LogP) is 13.4. The molecule has 0 saturated heterocycles. The Labute approximate surface area is 336 Å². The van der Waals surface area contributed by atoms with E-state index in [0.717, 1.165) is 57.9 Å². The maximum absolute atomic E-state index is 12.8. The maximum atomic E-state index is 12.8. The van der Waals surface area contributed by atoms with Crippen LogP contribution in [0.2, 0.25) is 0 Å². The first-order valence-corrected chi connectivity index (χ1v) is 23.2. The van der Waals surface area contributed by atoms with Crippen molar-refractivity contribution in [2.24, 2.45) is 41.4 Å². The van der Waals surface area contributed by atoms with Crippen LogP contribution in [0.1, 0.15) is 216 Å². The minimum atomic E-state index is -0.0237. The molecule has 0 amide bonds. The van der Waals surface area contributed by atoms with Crippen molar-refractivity contribution in [1.82, 2.24) is 4.90 Å². The first-order chi connectivity index (χ1) is 25.7. The third-order valence-corrected chi connectivity index (χ3v) is 11.6. The van der Waals surface area contributed by atoms with Gasteiger partial charge in [0.2, 0.25) is 0 Å². The molecule has 0 aromatic heterocycles. The summed E-state index contributed by atoms with van der Waals surface area (Å²) in [5, 5.41) is 0. The quantitative estimate of drug-likeness (QED) is 0.0460. The molecule has 0 rings (SSSR count). The molecule has 6 heteroatoms. The highest BCUT2D eigenvalue weighted by Gasteiger charge is 2.18. The second-order valence-corrected chi connectivity index (χ2v) is 18.9. The molecule has 0 fully saturated rings. The van der Waals surface area contributed by atoms with E-state index >= 15 is 0 Å². The van der Waals surface area contributed by atoms with Crippen molar-refractivity contribution in [2.75, 3.05) is 33.9 Å². The van der Waals surface area contributed by atoms with Crippen LogP contribution in [0.4, 0.5) is 0 Å². The van der Waals surface area contributed by atoms with E-state index in [9.17, 15) is 14.4 Å².